The van der Waals surface area contributed by atoms with Crippen LogP contribution in [0.2, 0.25) is 0 Å². The first-order valence-electron chi connectivity index (χ1n) is 4.49. The van der Waals surface area contributed by atoms with Crippen LogP contribution in [-0.4, -0.2) is 15.4 Å². The average molecular weight is 254 g/mol. The summed E-state index contributed by atoms with van der Waals surface area (Å²) < 4.78 is 0.994. The van der Waals surface area contributed by atoms with E-state index in [1.54, 1.807) is 0 Å². The number of aromatic amines is 1. The quantitative estimate of drug-likeness (QED) is 0.785. The molecule has 0 aliphatic heterocycles. The first kappa shape index (κ1) is 9.65. The molecule has 0 saturated carbocycles. The summed E-state index contributed by atoms with van der Waals surface area (Å²) in [5.74, 6) is 0. The number of rotatable bonds is 0. The summed E-state index contributed by atoms with van der Waals surface area (Å²) in [4.78, 5) is 0. The van der Waals surface area contributed by atoms with Gasteiger partial charge in [0.25, 0.3) is 0 Å². The molecule has 3 nitrogen and oxygen atoms in total. The molecule has 0 bridgehead atoms. The molecule has 0 fully saturated rings. The molecule has 74 valence electrons. The van der Waals surface area contributed by atoms with Crippen molar-refractivity contribution < 1.29 is 0 Å². The van der Waals surface area contributed by atoms with Crippen LogP contribution in [0, 0.1) is 0 Å². The average Bonchev–Trinajstić information content (AvgIpc) is 2.50. The van der Waals surface area contributed by atoms with Crippen LogP contribution in [0.1, 0.15) is 26.3 Å². The molecule has 0 amide bonds. The van der Waals surface area contributed by atoms with Gasteiger partial charge in [-0.2, -0.15) is 15.4 Å². The smallest absolute Gasteiger partial charge is 0.127 e. The molecule has 2 rings (SSSR count). The van der Waals surface area contributed by atoms with Gasteiger partial charge in [-0.3, -0.25) is 0 Å². The van der Waals surface area contributed by atoms with Crippen molar-refractivity contribution in [1.29, 1.82) is 0 Å². The molecular formula is C10H12BrN3. The number of H-pyrrole nitrogens is 1. The third-order valence-electron chi connectivity index (χ3n) is 2.24. The summed E-state index contributed by atoms with van der Waals surface area (Å²) in [5, 5.41) is 10.8. The van der Waals surface area contributed by atoms with Crippen LogP contribution >= 0.6 is 15.9 Å². The molecule has 0 spiro atoms. The van der Waals surface area contributed by atoms with Gasteiger partial charge in [-0.25, -0.2) is 0 Å². The predicted molar refractivity (Wildman–Crippen MR) is 60.3 cm³/mol. The number of nitrogens with zero attached hydrogens (tertiary/aromatic N) is 2. The molecule has 0 saturated heterocycles. The van der Waals surface area contributed by atoms with E-state index in [-0.39, 0.29) is 5.41 Å². The van der Waals surface area contributed by atoms with Crippen molar-refractivity contribution in [1.82, 2.24) is 15.4 Å². The van der Waals surface area contributed by atoms with Gasteiger partial charge >= 0.3 is 0 Å². The fraction of sp³-hybridized carbons (Fsp3) is 0.400. The molecule has 2 aromatic rings. The van der Waals surface area contributed by atoms with E-state index in [0.717, 1.165) is 15.5 Å². The Balaban J connectivity index is 2.70. The van der Waals surface area contributed by atoms with E-state index in [1.807, 2.05) is 0 Å². The standard InChI is InChI=1S/C10H12BrN3/c1-10(2,3)6-4-7(11)9-8(5-6)12-14-13-9/h4-5H,1-3H3,(H,12,13,14). The highest BCUT2D eigenvalue weighted by Gasteiger charge is 2.16. The van der Waals surface area contributed by atoms with Crippen LogP contribution in [0.4, 0.5) is 0 Å². The second-order valence-electron chi connectivity index (χ2n) is 4.40. The van der Waals surface area contributed by atoms with Crippen molar-refractivity contribution in [3.8, 4) is 0 Å². The monoisotopic (exact) mass is 253 g/mol. The van der Waals surface area contributed by atoms with Crippen LogP contribution in [0.25, 0.3) is 11.0 Å². The molecule has 1 heterocycles. The van der Waals surface area contributed by atoms with Gasteiger partial charge in [0.15, 0.2) is 0 Å². The van der Waals surface area contributed by atoms with Crippen molar-refractivity contribution in [3.05, 3.63) is 22.2 Å². The third kappa shape index (κ3) is 1.54. The van der Waals surface area contributed by atoms with Gasteiger partial charge in [-0.1, -0.05) is 20.8 Å². The number of hydrogen-bond donors (Lipinski definition) is 1. The highest BCUT2D eigenvalue weighted by molar-refractivity contribution is 9.10. The fourth-order valence-electron chi connectivity index (χ4n) is 1.34. The van der Waals surface area contributed by atoms with E-state index in [4.69, 9.17) is 0 Å². The first-order valence-corrected chi connectivity index (χ1v) is 5.28. The van der Waals surface area contributed by atoms with E-state index in [1.165, 1.54) is 5.56 Å². The zero-order chi connectivity index (χ0) is 10.3. The van der Waals surface area contributed by atoms with E-state index in [2.05, 4.69) is 64.2 Å². The molecular weight excluding hydrogens is 242 g/mol. The van der Waals surface area contributed by atoms with Gasteiger partial charge in [0.2, 0.25) is 0 Å². The number of benzene rings is 1. The third-order valence-corrected chi connectivity index (χ3v) is 2.85. The molecule has 0 atom stereocenters. The van der Waals surface area contributed by atoms with Crippen LogP contribution < -0.4 is 0 Å². The normalized spacial score (nSPS) is 12.3. The fourth-order valence-corrected chi connectivity index (χ4v) is 1.88. The van der Waals surface area contributed by atoms with Crippen molar-refractivity contribution in [2.45, 2.75) is 26.2 Å². The minimum absolute atomic E-state index is 0.135. The van der Waals surface area contributed by atoms with Crippen LogP contribution in [0.15, 0.2) is 16.6 Å². The SMILES string of the molecule is CC(C)(C)c1cc(Br)c2n[nH]nc2c1. The van der Waals surface area contributed by atoms with Crippen molar-refractivity contribution in [2.75, 3.05) is 0 Å². The van der Waals surface area contributed by atoms with Gasteiger partial charge in [-0.05, 0) is 39.0 Å². The molecule has 0 aliphatic carbocycles. The van der Waals surface area contributed by atoms with Crippen LogP contribution in [0.3, 0.4) is 0 Å². The maximum atomic E-state index is 4.09. The lowest BCUT2D eigenvalue weighted by atomic mass is 9.87. The summed E-state index contributed by atoms with van der Waals surface area (Å²) in [5.41, 5.74) is 3.18. The van der Waals surface area contributed by atoms with Crippen molar-refractivity contribution in [2.24, 2.45) is 0 Å². The summed E-state index contributed by atoms with van der Waals surface area (Å²) in [6.45, 7) is 6.54. The molecule has 4 heteroatoms. The molecule has 0 radical (unpaired) electrons. The number of fused-ring (bicyclic) bond motifs is 1. The largest absolute Gasteiger partial charge is 0.197 e. The summed E-state index contributed by atoms with van der Waals surface area (Å²) in [6, 6.07) is 4.18. The van der Waals surface area contributed by atoms with Gasteiger partial charge in [0.05, 0.1) is 0 Å². The first-order chi connectivity index (χ1) is 6.48. The van der Waals surface area contributed by atoms with Gasteiger partial charge in [-0.15, -0.1) is 0 Å². The van der Waals surface area contributed by atoms with Gasteiger partial charge in [0.1, 0.15) is 11.0 Å². The number of halogens is 1. The zero-order valence-electron chi connectivity index (χ0n) is 8.43. The lowest BCUT2D eigenvalue weighted by molar-refractivity contribution is 0.590. The Morgan fingerprint density at radius 1 is 1.21 bits per heavy atom. The Bertz CT molecular complexity index is 468. The zero-order valence-corrected chi connectivity index (χ0v) is 10.0. The highest BCUT2D eigenvalue weighted by Crippen LogP contribution is 2.29. The number of hydrogen-bond acceptors (Lipinski definition) is 2. The van der Waals surface area contributed by atoms with Crippen LogP contribution in [0.5, 0.6) is 0 Å². The molecule has 1 aromatic heterocycles. The summed E-state index contributed by atoms with van der Waals surface area (Å²) >= 11 is 3.50. The Labute approximate surface area is 91.0 Å². The van der Waals surface area contributed by atoms with Crippen LogP contribution in [-0.2, 0) is 5.41 Å². The molecule has 0 unspecified atom stereocenters. The molecule has 1 aromatic carbocycles. The Morgan fingerprint density at radius 2 is 1.93 bits per heavy atom. The summed E-state index contributed by atoms with van der Waals surface area (Å²) in [6.07, 6.45) is 0. The molecule has 1 N–H and O–H groups in total. The highest BCUT2D eigenvalue weighted by atomic mass is 79.9. The predicted octanol–water partition coefficient (Wildman–Crippen LogP) is 3.02. The van der Waals surface area contributed by atoms with E-state index in [0.29, 0.717) is 0 Å². The Kier molecular flexibility index (Phi) is 2.10. The summed E-state index contributed by atoms with van der Waals surface area (Å²) in [7, 11) is 0. The van der Waals surface area contributed by atoms with Gasteiger partial charge < -0.3 is 0 Å². The number of aromatic nitrogens is 3. The maximum Gasteiger partial charge on any atom is 0.127 e. The minimum atomic E-state index is 0.135. The number of nitrogens with one attached hydrogen (secondary N) is 1. The topological polar surface area (TPSA) is 41.6 Å². The molecule has 14 heavy (non-hydrogen) atoms. The van der Waals surface area contributed by atoms with E-state index >= 15 is 0 Å². The lowest BCUT2D eigenvalue weighted by Crippen LogP contribution is -2.10. The van der Waals surface area contributed by atoms with E-state index < -0.39 is 0 Å². The van der Waals surface area contributed by atoms with Crippen molar-refractivity contribution >= 4 is 27.0 Å². The Hall–Kier alpha value is -0.900. The minimum Gasteiger partial charge on any atom is -0.197 e. The van der Waals surface area contributed by atoms with Gasteiger partial charge in [0, 0.05) is 4.47 Å². The second-order valence-corrected chi connectivity index (χ2v) is 5.25. The van der Waals surface area contributed by atoms with E-state index in [9.17, 15) is 0 Å². The maximum absolute atomic E-state index is 4.09. The van der Waals surface area contributed by atoms with Crippen molar-refractivity contribution in [3.63, 3.8) is 0 Å². The second kappa shape index (κ2) is 3.05. The Morgan fingerprint density at radius 3 is 2.57 bits per heavy atom. The molecule has 0 aliphatic rings. The lowest BCUT2D eigenvalue weighted by Gasteiger charge is -2.18.